The molecule has 3 saturated carbocycles. The average Bonchev–Trinajstić information content (AvgIpc) is 2.71. The number of amides is 1. The number of nitrogens with one attached hydrogen (secondary N) is 2. The monoisotopic (exact) mass is 450 g/mol. The van der Waals surface area contributed by atoms with Crippen molar-refractivity contribution in [2.45, 2.75) is 30.8 Å². The summed E-state index contributed by atoms with van der Waals surface area (Å²) in [5, 5.41) is 7.00. The molecule has 0 aliphatic heterocycles. The Morgan fingerprint density at radius 2 is 1.83 bits per heavy atom. The van der Waals surface area contributed by atoms with E-state index in [1.54, 1.807) is 24.3 Å². The van der Waals surface area contributed by atoms with Crippen LogP contribution in [-0.4, -0.2) is 35.9 Å². The predicted octanol–water partition coefficient (Wildman–Crippen LogP) is 4.02. The summed E-state index contributed by atoms with van der Waals surface area (Å²) in [6, 6.07) is 10.9. The van der Waals surface area contributed by atoms with Crippen LogP contribution >= 0.6 is 23.2 Å². The van der Waals surface area contributed by atoms with Crippen molar-refractivity contribution >= 4 is 34.9 Å². The smallest absolute Gasteiger partial charge is 0.258 e. The van der Waals surface area contributed by atoms with E-state index >= 15 is 0 Å². The second kappa shape index (κ2) is 7.84. The van der Waals surface area contributed by atoms with E-state index in [0.717, 1.165) is 18.9 Å². The number of rotatable bonds is 8. The summed E-state index contributed by atoms with van der Waals surface area (Å²) in [7, 11) is 0. The maximum Gasteiger partial charge on any atom is 0.258 e. The molecule has 0 unspecified atom stereocenters. The fraction of sp³-hybridized carbons (Fsp3) is 0.364. The van der Waals surface area contributed by atoms with Gasteiger partial charge in [0.1, 0.15) is 11.6 Å². The van der Waals surface area contributed by atoms with Gasteiger partial charge in [0.2, 0.25) is 0 Å². The Balaban J connectivity index is 1.24. The highest BCUT2D eigenvalue weighted by atomic mass is 35.5. The molecule has 0 radical (unpaired) electrons. The Bertz CT molecular complexity index is 990. The van der Waals surface area contributed by atoms with Crippen LogP contribution in [0.4, 0.5) is 4.39 Å². The maximum absolute atomic E-state index is 13.4. The number of hydrogen-bond acceptors (Lipinski definition) is 4. The van der Waals surface area contributed by atoms with Gasteiger partial charge in [-0.15, -0.1) is 0 Å². The third-order valence-electron chi connectivity index (χ3n) is 6.34. The zero-order valence-corrected chi connectivity index (χ0v) is 17.8. The molecule has 1 atom stereocenters. The van der Waals surface area contributed by atoms with Crippen LogP contribution in [0.3, 0.4) is 0 Å². The molecule has 2 bridgehead atoms. The average molecular weight is 451 g/mol. The number of carbonyl (C=O) groups is 2. The summed E-state index contributed by atoms with van der Waals surface area (Å²) in [6.45, 7) is 2.09. The predicted molar refractivity (Wildman–Crippen MR) is 113 cm³/mol. The second-order valence-corrected chi connectivity index (χ2v) is 8.93. The molecule has 0 spiro atoms. The maximum atomic E-state index is 13.4. The lowest BCUT2D eigenvalue weighted by atomic mass is 9.37. The minimum atomic E-state index is -0.594. The van der Waals surface area contributed by atoms with Gasteiger partial charge in [0, 0.05) is 27.7 Å². The summed E-state index contributed by atoms with van der Waals surface area (Å²) in [5.41, 5.74) is 0.210. The Labute approximate surface area is 183 Å². The highest BCUT2D eigenvalue weighted by Crippen LogP contribution is 2.64. The van der Waals surface area contributed by atoms with Gasteiger partial charge in [-0.1, -0.05) is 30.1 Å². The van der Waals surface area contributed by atoms with Crippen molar-refractivity contribution in [2.75, 3.05) is 13.2 Å². The second-order valence-electron chi connectivity index (χ2n) is 8.08. The van der Waals surface area contributed by atoms with E-state index < -0.39 is 5.82 Å². The number of carbonyl (C=O) groups excluding carboxylic acids is 2. The first-order valence-corrected chi connectivity index (χ1v) is 10.4. The van der Waals surface area contributed by atoms with Crippen LogP contribution in [0.1, 0.15) is 30.1 Å². The van der Waals surface area contributed by atoms with E-state index in [1.807, 2.05) is 0 Å². The summed E-state index contributed by atoms with van der Waals surface area (Å²) >= 11 is 11.5. The van der Waals surface area contributed by atoms with Gasteiger partial charge in [-0.25, -0.2) is 4.39 Å². The number of ether oxygens (including phenoxy) is 1. The number of Topliss-reactive ketones (excluding diaryl/α,β-unsaturated/α-hetero) is 1. The molecule has 3 aliphatic carbocycles. The molecule has 30 heavy (non-hydrogen) atoms. The van der Waals surface area contributed by atoms with Crippen LogP contribution in [0.15, 0.2) is 42.5 Å². The van der Waals surface area contributed by atoms with Crippen molar-refractivity contribution in [3.63, 3.8) is 0 Å². The van der Waals surface area contributed by atoms with E-state index in [4.69, 9.17) is 27.9 Å². The Morgan fingerprint density at radius 3 is 2.47 bits per heavy atom. The summed E-state index contributed by atoms with van der Waals surface area (Å²) in [4.78, 5) is 24.7. The normalized spacial score (nSPS) is 26.3. The Kier molecular flexibility index (Phi) is 5.51. The number of hydrogen-bond donors (Lipinski definition) is 2. The topological polar surface area (TPSA) is 67.4 Å². The highest BCUT2D eigenvalue weighted by Gasteiger charge is 2.74. The lowest BCUT2D eigenvalue weighted by molar-refractivity contribution is -0.178. The summed E-state index contributed by atoms with van der Waals surface area (Å²) in [6.07, 6.45) is 1.52. The molecule has 0 saturated heterocycles. The largest absolute Gasteiger partial charge is 0.484 e. The van der Waals surface area contributed by atoms with Gasteiger partial charge < -0.3 is 15.4 Å². The molecule has 0 heterocycles. The molecular weight excluding hydrogens is 430 g/mol. The number of halogens is 3. The van der Waals surface area contributed by atoms with E-state index in [0.29, 0.717) is 10.6 Å². The van der Waals surface area contributed by atoms with Gasteiger partial charge in [0.25, 0.3) is 5.91 Å². The third-order valence-corrected chi connectivity index (χ3v) is 6.89. The van der Waals surface area contributed by atoms with Crippen LogP contribution < -0.4 is 15.4 Å². The fourth-order valence-corrected chi connectivity index (χ4v) is 4.69. The van der Waals surface area contributed by atoms with Gasteiger partial charge in [0.15, 0.2) is 12.4 Å². The molecule has 158 valence electrons. The van der Waals surface area contributed by atoms with Crippen LogP contribution in [-0.2, 0) is 4.79 Å². The molecule has 8 heteroatoms. The molecule has 2 aromatic rings. The van der Waals surface area contributed by atoms with Crippen molar-refractivity contribution in [2.24, 2.45) is 5.92 Å². The van der Waals surface area contributed by atoms with Crippen LogP contribution in [0, 0.1) is 11.7 Å². The first-order chi connectivity index (χ1) is 14.2. The Hall–Kier alpha value is -2.15. The molecule has 3 fully saturated rings. The fourth-order valence-electron chi connectivity index (χ4n) is 4.45. The third kappa shape index (κ3) is 3.80. The minimum Gasteiger partial charge on any atom is -0.484 e. The van der Waals surface area contributed by atoms with Crippen molar-refractivity contribution in [3.05, 3.63) is 63.9 Å². The Morgan fingerprint density at radius 1 is 1.13 bits per heavy atom. The summed E-state index contributed by atoms with van der Waals surface area (Å²) in [5.74, 6) is -0.409. The number of ketones is 1. The van der Waals surface area contributed by atoms with Crippen molar-refractivity contribution < 1.29 is 18.7 Å². The van der Waals surface area contributed by atoms with Crippen molar-refractivity contribution in [1.82, 2.24) is 10.6 Å². The standard InChI is InChI=1S/C22H21Cl2FN2O3/c1-13-21(26-9-19(28)14-2-4-15(23)5-3-14)11-22(13,12-21)27-20(29)10-30-16-6-7-17(24)18(25)8-16/h2-8,13,26H,9-12H2,1H3,(H,27,29)/t13-,21?,22?/m0/s1. The van der Waals surface area contributed by atoms with E-state index in [-0.39, 0.29) is 52.6 Å². The molecule has 5 rings (SSSR count). The SMILES string of the molecule is C[C@H]1C2(NCC(=O)c3ccc(Cl)cc3)CC1(NC(=O)COc1ccc(Cl)c(F)c1)C2. The van der Waals surface area contributed by atoms with Crippen LogP contribution in [0.5, 0.6) is 5.75 Å². The van der Waals surface area contributed by atoms with Crippen LogP contribution in [0.25, 0.3) is 0 Å². The van der Waals surface area contributed by atoms with Gasteiger partial charge in [-0.3, -0.25) is 9.59 Å². The molecule has 2 N–H and O–H groups in total. The van der Waals surface area contributed by atoms with Crippen LogP contribution in [0.2, 0.25) is 10.0 Å². The zero-order valence-electron chi connectivity index (χ0n) is 16.3. The molecular formula is C22H21Cl2FN2O3. The lowest BCUT2D eigenvalue weighted by Gasteiger charge is -2.75. The van der Waals surface area contributed by atoms with E-state index in [9.17, 15) is 14.0 Å². The van der Waals surface area contributed by atoms with E-state index in [1.165, 1.54) is 12.1 Å². The van der Waals surface area contributed by atoms with Crippen molar-refractivity contribution in [3.8, 4) is 5.75 Å². The highest BCUT2D eigenvalue weighted by molar-refractivity contribution is 6.31. The first-order valence-electron chi connectivity index (χ1n) is 9.66. The van der Waals surface area contributed by atoms with Crippen molar-refractivity contribution in [1.29, 1.82) is 0 Å². The molecule has 1 amide bonds. The lowest BCUT2D eigenvalue weighted by Crippen LogP contribution is -2.89. The zero-order chi connectivity index (χ0) is 21.5. The number of benzene rings is 2. The van der Waals surface area contributed by atoms with Gasteiger partial charge >= 0.3 is 0 Å². The minimum absolute atomic E-state index is 0.00170. The first kappa shape index (κ1) is 21.1. The van der Waals surface area contributed by atoms with Gasteiger partial charge in [-0.2, -0.15) is 0 Å². The van der Waals surface area contributed by atoms with Gasteiger partial charge in [-0.05, 0) is 55.2 Å². The summed E-state index contributed by atoms with van der Waals surface area (Å²) < 4.78 is 18.8. The quantitative estimate of drug-likeness (QED) is 0.595. The molecule has 0 aromatic heterocycles. The van der Waals surface area contributed by atoms with Gasteiger partial charge in [0.05, 0.1) is 11.6 Å². The van der Waals surface area contributed by atoms with E-state index in [2.05, 4.69) is 17.6 Å². The molecule has 3 aliphatic rings. The molecule has 2 aromatic carbocycles. The molecule has 5 nitrogen and oxygen atoms in total.